The number of aryl methyl sites for hydroxylation is 2. The molecule has 0 saturated carbocycles. The lowest BCUT2D eigenvalue weighted by atomic mass is 9.91. The lowest BCUT2D eigenvalue weighted by Gasteiger charge is -2.22. The van der Waals surface area contributed by atoms with E-state index in [-0.39, 0.29) is 0 Å². The van der Waals surface area contributed by atoms with Gasteiger partial charge in [0.1, 0.15) is 0 Å². The zero-order chi connectivity index (χ0) is 14.2. The van der Waals surface area contributed by atoms with Gasteiger partial charge in [0, 0.05) is 6.04 Å². The van der Waals surface area contributed by atoms with Crippen LogP contribution in [-0.4, -0.2) is 13.1 Å². The molecule has 1 atom stereocenters. The molecule has 1 unspecified atom stereocenters. The molecule has 1 N–H and O–H groups in total. The zero-order valence-corrected chi connectivity index (χ0v) is 13.1. The normalized spacial score (nSPS) is 20.6. The first-order chi connectivity index (χ1) is 9.79. The lowest BCUT2D eigenvalue weighted by Crippen LogP contribution is -2.28. The van der Waals surface area contributed by atoms with Gasteiger partial charge in [-0.25, -0.2) is 0 Å². The zero-order valence-electron chi connectivity index (χ0n) is 13.1. The summed E-state index contributed by atoms with van der Waals surface area (Å²) in [5.41, 5.74) is 4.46. The van der Waals surface area contributed by atoms with E-state index < -0.39 is 0 Å². The summed E-state index contributed by atoms with van der Waals surface area (Å²) in [6.07, 6.45) is 13.0. The van der Waals surface area contributed by atoms with Gasteiger partial charge in [0.2, 0.25) is 0 Å². The van der Waals surface area contributed by atoms with Crippen LogP contribution in [0.25, 0.3) is 0 Å². The van der Waals surface area contributed by atoms with Gasteiger partial charge in [-0.15, -0.1) is 0 Å². The summed E-state index contributed by atoms with van der Waals surface area (Å²) in [4.78, 5) is 0. The maximum absolute atomic E-state index is 3.53. The highest BCUT2D eigenvalue weighted by Gasteiger charge is 2.13. The number of likely N-dealkylation sites (N-methyl/N-ethyl adjacent to an activating group) is 1. The minimum atomic E-state index is 0.564. The Morgan fingerprint density at radius 1 is 1.05 bits per heavy atom. The van der Waals surface area contributed by atoms with Crippen molar-refractivity contribution in [3.63, 3.8) is 0 Å². The predicted molar refractivity (Wildman–Crippen MR) is 88.1 cm³/mol. The predicted octanol–water partition coefficient (Wildman–Crippen LogP) is 4.80. The Morgan fingerprint density at radius 3 is 2.55 bits per heavy atom. The molecule has 0 amide bonds. The second kappa shape index (κ2) is 8.26. The van der Waals surface area contributed by atoms with Gasteiger partial charge in [0.05, 0.1) is 0 Å². The number of allylic oxidation sites excluding steroid dienone is 1. The second-order valence-corrected chi connectivity index (χ2v) is 6.10. The number of nitrogens with one attached hydrogen (secondary N) is 1. The lowest BCUT2D eigenvalue weighted by molar-refractivity contribution is 0.535. The van der Waals surface area contributed by atoms with E-state index in [0.29, 0.717) is 6.04 Å². The molecule has 1 aromatic carbocycles. The van der Waals surface area contributed by atoms with Crippen molar-refractivity contribution >= 4 is 0 Å². The van der Waals surface area contributed by atoms with Crippen molar-refractivity contribution in [1.82, 2.24) is 5.32 Å². The third-order valence-corrected chi connectivity index (χ3v) is 4.46. The van der Waals surface area contributed by atoms with E-state index in [1.165, 1.54) is 62.5 Å². The molecule has 0 fully saturated rings. The standard InChI is InChI=1S/C19H29N/c1-16-10-12-17(13-11-16)14-15-19(20-2)18-8-6-4-3-5-7-9-18/h8,10-13,19-20H,3-7,9,14-15H2,1-2H3/b18-8+. The van der Waals surface area contributed by atoms with Gasteiger partial charge in [-0.05, 0) is 58.1 Å². The molecule has 0 aromatic heterocycles. The fraction of sp³-hybridized carbons (Fsp3) is 0.579. The van der Waals surface area contributed by atoms with Crippen molar-refractivity contribution in [2.24, 2.45) is 0 Å². The molecule has 110 valence electrons. The van der Waals surface area contributed by atoms with Crippen LogP contribution in [0.4, 0.5) is 0 Å². The van der Waals surface area contributed by atoms with Crippen LogP contribution in [0.3, 0.4) is 0 Å². The van der Waals surface area contributed by atoms with Crippen LogP contribution < -0.4 is 5.32 Å². The molecule has 1 aliphatic carbocycles. The first-order valence-corrected chi connectivity index (χ1v) is 8.21. The molecular weight excluding hydrogens is 242 g/mol. The van der Waals surface area contributed by atoms with Crippen LogP contribution in [0.2, 0.25) is 0 Å². The van der Waals surface area contributed by atoms with Crippen molar-refractivity contribution < 1.29 is 0 Å². The van der Waals surface area contributed by atoms with Crippen molar-refractivity contribution in [2.75, 3.05) is 7.05 Å². The second-order valence-electron chi connectivity index (χ2n) is 6.10. The average Bonchev–Trinajstić information content (AvgIpc) is 2.43. The molecule has 0 heterocycles. The smallest absolute Gasteiger partial charge is 0.0279 e. The van der Waals surface area contributed by atoms with Crippen LogP contribution in [-0.2, 0) is 6.42 Å². The molecule has 2 rings (SSSR count). The molecule has 1 aromatic rings. The molecular formula is C19H29N. The topological polar surface area (TPSA) is 12.0 Å². The summed E-state index contributed by atoms with van der Waals surface area (Å²) in [6, 6.07) is 9.55. The molecule has 0 spiro atoms. The summed E-state index contributed by atoms with van der Waals surface area (Å²) in [7, 11) is 2.11. The highest BCUT2D eigenvalue weighted by Crippen LogP contribution is 2.22. The van der Waals surface area contributed by atoms with E-state index in [4.69, 9.17) is 0 Å². The number of hydrogen-bond donors (Lipinski definition) is 1. The molecule has 1 heteroatoms. The van der Waals surface area contributed by atoms with Crippen molar-refractivity contribution in [3.8, 4) is 0 Å². The first-order valence-electron chi connectivity index (χ1n) is 8.21. The largest absolute Gasteiger partial charge is 0.313 e. The SMILES string of the molecule is CNC(CCc1ccc(C)cc1)/C1=C/CCCCCC1. The molecule has 0 bridgehead atoms. The fourth-order valence-electron chi connectivity index (χ4n) is 3.11. The maximum atomic E-state index is 3.53. The van der Waals surface area contributed by atoms with Gasteiger partial charge in [-0.1, -0.05) is 54.3 Å². The molecule has 0 radical (unpaired) electrons. The van der Waals surface area contributed by atoms with Gasteiger partial charge >= 0.3 is 0 Å². The van der Waals surface area contributed by atoms with Crippen molar-refractivity contribution in [3.05, 3.63) is 47.0 Å². The van der Waals surface area contributed by atoms with E-state index in [1.54, 1.807) is 5.57 Å². The Balaban J connectivity index is 1.92. The van der Waals surface area contributed by atoms with Gasteiger partial charge in [0.25, 0.3) is 0 Å². The highest BCUT2D eigenvalue weighted by atomic mass is 14.9. The van der Waals surface area contributed by atoms with E-state index in [0.717, 1.165) is 0 Å². The van der Waals surface area contributed by atoms with Gasteiger partial charge in [-0.3, -0.25) is 0 Å². The quantitative estimate of drug-likeness (QED) is 0.759. The Hall–Kier alpha value is -1.08. The Labute approximate surface area is 124 Å². The third kappa shape index (κ3) is 4.79. The van der Waals surface area contributed by atoms with Crippen LogP contribution in [0, 0.1) is 6.92 Å². The minimum Gasteiger partial charge on any atom is -0.313 e. The van der Waals surface area contributed by atoms with Gasteiger partial charge < -0.3 is 5.32 Å². The molecule has 1 aliphatic rings. The fourth-order valence-corrected chi connectivity index (χ4v) is 3.11. The third-order valence-electron chi connectivity index (χ3n) is 4.46. The van der Waals surface area contributed by atoms with Crippen LogP contribution >= 0.6 is 0 Å². The van der Waals surface area contributed by atoms with Crippen molar-refractivity contribution in [1.29, 1.82) is 0 Å². The van der Waals surface area contributed by atoms with Crippen molar-refractivity contribution in [2.45, 2.75) is 64.3 Å². The summed E-state index contributed by atoms with van der Waals surface area (Å²) in [5.74, 6) is 0. The van der Waals surface area contributed by atoms with E-state index in [1.807, 2.05) is 0 Å². The minimum absolute atomic E-state index is 0.564. The average molecular weight is 271 g/mol. The van der Waals surface area contributed by atoms with E-state index in [9.17, 15) is 0 Å². The molecule has 1 nitrogen and oxygen atoms in total. The first kappa shape index (κ1) is 15.3. The monoisotopic (exact) mass is 271 g/mol. The summed E-state index contributed by atoms with van der Waals surface area (Å²) in [5, 5.41) is 3.53. The van der Waals surface area contributed by atoms with E-state index >= 15 is 0 Å². The number of hydrogen-bond acceptors (Lipinski definition) is 1. The Kier molecular flexibility index (Phi) is 6.32. The highest BCUT2D eigenvalue weighted by molar-refractivity contribution is 5.22. The summed E-state index contributed by atoms with van der Waals surface area (Å²) >= 11 is 0. The van der Waals surface area contributed by atoms with Crippen LogP contribution in [0.5, 0.6) is 0 Å². The molecule has 0 saturated heterocycles. The van der Waals surface area contributed by atoms with Crippen LogP contribution in [0.15, 0.2) is 35.9 Å². The Morgan fingerprint density at radius 2 is 1.80 bits per heavy atom. The maximum Gasteiger partial charge on any atom is 0.0279 e. The van der Waals surface area contributed by atoms with Gasteiger partial charge in [0.15, 0.2) is 0 Å². The Bertz CT molecular complexity index is 416. The van der Waals surface area contributed by atoms with E-state index in [2.05, 4.69) is 49.6 Å². The number of benzene rings is 1. The number of rotatable bonds is 5. The summed E-state index contributed by atoms with van der Waals surface area (Å²) < 4.78 is 0. The van der Waals surface area contributed by atoms with Crippen LogP contribution in [0.1, 0.15) is 56.1 Å². The molecule has 20 heavy (non-hydrogen) atoms. The molecule has 0 aliphatic heterocycles. The summed E-state index contributed by atoms with van der Waals surface area (Å²) in [6.45, 7) is 2.15. The van der Waals surface area contributed by atoms with Gasteiger partial charge in [-0.2, -0.15) is 0 Å².